The summed E-state index contributed by atoms with van der Waals surface area (Å²) >= 11 is 0. The van der Waals surface area contributed by atoms with Crippen LogP contribution in [0.1, 0.15) is 0 Å². The summed E-state index contributed by atoms with van der Waals surface area (Å²) in [7, 11) is 2.15. The molecule has 0 saturated carbocycles. The summed E-state index contributed by atoms with van der Waals surface area (Å²) in [5.74, 6) is 1.29. The smallest absolute Gasteiger partial charge is 0.349 e. The van der Waals surface area contributed by atoms with Crippen molar-refractivity contribution < 1.29 is 9.15 Å². The zero-order chi connectivity index (χ0) is 22.1. The molecule has 2 aromatic heterocycles. The summed E-state index contributed by atoms with van der Waals surface area (Å²) in [4.78, 5) is 26.2. The average Bonchev–Trinajstić information content (AvgIpc) is 2.80. The fraction of sp³-hybridized carbons (Fsp3) is 0.292. The molecule has 8 nitrogen and oxygen atoms in total. The fourth-order valence-corrected chi connectivity index (χ4v) is 3.99. The first-order valence-electron chi connectivity index (χ1n) is 10.7. The molecule has 3 heterocycles. The minimum atomic E-state index is -0.538. The monoisotopic (exact) mass is 431 g/mol. The first-order chi connectivity index (χ1) is 15.6. The molecule has 0 radical (unpaired) electrons. The first kappa shape index (κ1) is 20.4. The van der Waals surface area contributed by atoms with Crippen LogP contribution in [0.5, 0.6) is 5.75 Å². The molecule has 1 fully saturated rings. The van der Waals surface area contributed by atoms with Gasteiger partial charge in [0.2, 0.25) is 0 Å². The van der Waals surface area contributed by atoms with Gasteiger partial charge in [-0.25, -0.2) is 14.8 Å². The van der Waals surface area contributed by atoms with Crippen molar-refractivity contribution in [1.82, 2.24) is 19.8 Å². The van der Waals surface area contributed by atoms with Gasteiger partial charge in [-0.1, -0.05) is 24.3 Å². The lowest BCUT2D eigenvalue weighted by atomic mass is 10.1. The van der Waals surface area contributed by atoms with E-state index in [4.69, 9.17) is 14.9 Å². The highest BCUT2D eigenvalue weighted by Gasteiger charge is 2.16. The lowest BCUT2D eigenvalue weighted by Crippen LogP contribution is -2.45. The molecule has 0 atom stereocenters. The largest absolute Gasteiger partial charge is 0.492 e. The number of nitrogens with two attached hydrogens (primary N) is 1. The number of nitrogen functional groups attached to an aromatic ring is 1. The molecule has 164 valence electrons. The second-order valence-corrected chi connectivity index (χ2v) is 8.06. The van der Waals surface area contributed by atoms with Crippen molar-refractivity contribution in [3.63, 3.8) is 0 Å². The SMILES string of the molecule is CN1CCN(CCOc2cccc(-c3nc(N)c4c(=O)oc5ccccc5c4n3)c2)CC1. The molecule has 5 rings (SSSR count). The highest BCUT2D eigenvalue weighted by molar-refractivity contribution is 6.05. The van der Waals surface area contributed by atoms with E-state index in [0.29, 0.717) is 23.5 Å². The van der Waals surface area contributed by atoms with Gasteiger partial charge in [0.25, 0.3) is 0 Å². The molecular weight excluding hydrogens is 406 g/mol. The Labute approximate surface area is 185 Å². The van der Waals surface area contributed by atoms with E-state index in [1.165, 1.54) is 0 Å². The molecule has 2 N–H and O–H groups in total. The van der Waals surface area contributed by atoms with Gasteiger partial charge in [0.1, 0.15) is 29.1 Å². The maximum atomic E-state index is 12.4. The summed E-state index contributed by atoms with van der Waals surface area (Å²) in [5.41, 5.74) is 7.33. The average molecular weight is 431 g/mol. The third-order valence-electron chi connectivity index (χ3n) is 5.85. The summed E-state index contributed by atoms with van der Waals surface area (Å²) in [6, 6.07) is 14.9. The maximum absolute atomic E-state index is 12.4. The van der Waals surface area contributed by atoms with E-state index in [1.54, 1.807) is 6.07 Å². The molecule has 0 amide bonds. The maximum Gasteiger partial charge on any atom is 0.349 e. The topological polar surface area (TPSA) is 97.7 Å². The van der Waals surface area contributed by atoms with Crippen LogP contribution in [0.4, 0.5) is 5.82 Å². The van der Waals surface area contributed by atoms with Crippen LogP contribution in [0.2, 0.25) is 0 Å². The minimum Gasteiger partial charge on any atom is -0.492 e. The second kappa shape index (κ2) is 8.57. The van der Waals surface area contributed by atoms with E-state index < -0.39 is 5.63 Å². The van der Waals surface area contributed by atoms with E-state index in [2.05, 4.69) is 26.8 Å². The Morgan fingerprint density at radius 2 is 1.88 bits per heavy atom. The third-order valence-corrected chi connectivity index (χ3v) is 5.85. The molecule has 1 aliphatic heterocycles. The number of rotatable bonds is 5. The van der Waals surface area contributed by atoms with Crippen LogP contribution in [-0.4, -0.2) is 66.1 Å². The number of piperazine rings is 1. The van der Waals surface area contributed by atoms with Gasteiger partial charge in [0.15, 0.2) is 5.82 Å². The van der Waals surface area contributed by atoms with Gasteiger partial charge in [-0.3, -0.25) is 4.90 Å². The Kier molecular flexibility index (Phi) is 5.46. The van der Waals surface area contributed by atoms with Gasteiger partial charge in [-0.05, 0) is 31.3 Å². The normalized spacial score (nSPS) is 15.4. The summed E-state index contributed by atoms with van der Waals surface area (Å²) in [6.07, 6.45) is 0. The van der Waals surface area contributed by atoms with Gasteiger partial charge in [-0.15, -0.1) is 0 Å². The van der Waals surface area contributed by atoms with Gasteiger partial charge in [0.05, 0.1) is 5.52 Å². The van der Waals surface area contributed by atoms with Crippen LogP contribution in [0.15, 0.2) is 57.7 Å². The number of benzene rings is 2. The summed E-state index contributed by atoms with van der Waals surface area (Å²) < 4.78 is 11.4. The van der Waals surface area contributed by atoms with E-state index in [9.17, 15) is 4.79 Å². The molecule has 2 aromatic carbocycles. The molecule has 4 aromatic rings. The predicted molar refractivity (Wildman–Crippen MR) is 125 cm³/mol. The standard InChI is InChI=1S/C24H25N5O3/c1-28-9-11-29(12-10-28)13-14-31-17-6-4-5-16(15-17)23-26-21-18-7-2-3-8-19(18)32-24(30)20(21)22(25)27-23/h2-8,15H,9-14H2,1H3,(H2,25,26,27). The highest BCUT2D eigenvalue weighted by atomic mass is 16.5. The van der Waals surface area contributed by atoms with Crippen LogP contribution < -0.4 is 16.1 Å². The molecule has 32 heavy (non-hydrogen) atoms. The van der Waals surface area contributed by atoms with Crippen LogP contribution in [0.25, 0.3) is 33.3 Å². The number of ether oxygens (including phenoxy) is 1. The molecule has 8 heteroatoms. The fourth-order valence-electron chi connectivity index (χ4n) is 3.99. The number of para-hydroxylation sites is 1. The Bertz CT molecular complexity index is 1330. The van der Waals surface area contributed by atoms with Crippen molar-refractivity contribution in [3.8, 4) is 17.1 Å². The lowest BCUT2D eigenvalue weighted by Gasteiger charge is -2.32. The van der Waals surface area contributed by atoms with Crippen molar-refractivity contribution in [2.24, 2.45) is 0 Å². The van der Waals surface area contributed by atoms with Crippen LogP contribution in [0.3, 0.4) is 0 Å². The third kappa shape index (κ3) is 4.02. The quantitative estimate of drug-likeness (QED) is 0.380. The molecule has 1 aliphatic rings. The number of hydrogen-bond donors (Lipinski definition) is 1. The van der Waals surface area contributed by atoms with Crippen molar-refractivity contribution in [2.45, 2.75) is 0 Å². The van der Waals surface area contributed by atoms with E-state index >= 15 is 0 Å². The number of fused-ring (bicyclic) bond motifs is 3. The Morgan fingerprint density at radius 3 is 2.72 bits per heavy atom. The molecule has 0 bridgehead atoms. The lowest BCUT2D eigenvalue weighted by molar-refractivity contribution is 0.134. The van der Waals surface area contributed by atoms with E-state index in [0.717, 1.165) is 49.4 Å². The minimum absolute atomic E-state index is 0.103. The number of hydrogen-bond acceptors (Lipinski definition) is 8. The van der Waals surface area contributed by atoms with Crippen molar-refractivity contribution in [1.29, 1.82) is 0 Å². The number of anilines is 1. The number of aromatic nitrogens is 2. The van der Waals surface area contributed by atoms with Gasteiger partial charge < -0.3 is 19.8 Å². The molecule has 0 aliphatic carbocycles. The summed E-state index contributed by atoms with van der Waals surface area (Å²) in [5, 5.41) is 0.920. The molecule has 0 spiro atoms. The first-order valence-corrected chi connectivity index (χ1v) is 10.7. The van der Waals surface area contributed by atoms with E-state index in [1.807, 2.05) is 42.5 Å². The highest BCUT2D eigenvalue weighted by Crippen LogP contribution is 2.28. The zero-order valence-corrected chi connectivity index (χ0v) is 18.0. The number of nitrogens with zero attached hydrogens (tertiary/aromatic N) is 4. The van der Waals surface area contributed by atoms with Crippen molar-refractivity contribution in [3.05, 3.63) is 59.0 Å². The Morgan fingerprint density at radius 1 is 1.06 bits per heavy atom. The zero-order valence-electron chi connectivity index (χ0n) is 18.0. The summed E-state index contributed by atoms with van der Waals surface area (Å²) in [6.45, 7) is 5.80. The molecular formula is C24H25N5O3. The van der Waals surface area contributed by atoms with Crippen LogP contribution in [-0.2, 0) is 0 Å². The van der Waals surface area contributed by atoms with Gasteiger partial charge in [-0.2, -0.15) is 0 Å². The predicted octanol–water partition coefficient (Wildman–Crippen LogP) is 2.61. The van der Waals surface area contributed by atoms with Gasteiger partial charge >= 0.3 is 5.63 Å². The second-order valence-electron chi connectivity index (χ2n) is 8.06. The van der Waals surface area contributed by atoms with Gasteiger partial charge in [0, 0.05) is 43.7 Å². The molecule has 0 unspecified atom stereocenters. The van der Waals surface area contributed by atoms with Crippen LogP contribution >= 0.6 is 0 Å². The van der Waals surface area contributed by atoms with Crippen molar-refractivity contribution >= 4 is 27.7 Å². The van der Waals surface area contributed by atoms with Crippen LogP contribution in [0, 0.1) is 0 Å². The van der Waals surface area contributed by atoms with E-state index in [-0.39, 0.29) is 11.2 Å². The Balaban J connectivity index is 1.42. The Hall–Kier alpha value is -3.49. The van der Waals surface area contributed by atoms with Crippen molar-refractivity contribution in [2.75, 3.05) is 52.1 Å². The molecule has 1 saturated heterocycles. The number of likely N-dealkylation sites (N-methyl/N-ethyl adjacent to an activating group) is 1.